The number of methoxy groups -OCH3 is 1. The summed E-state index contributed by atoms with van der Waals surface area (Å²) in [5.74, 6) is 2.43. The second-order valence-corrected chi connectivity index (χ2v) is 7.63. The van der Waals surface area contributed by atoms with Crippen molar-refractivity contribution in [2.24, 2.45) is 0 Å². The second kappa shape index (κ2) is 8.77. The predicted octanol–water partition coefficient (Wildman–Crippen LogP) is 5.40. The summed E-state index contributed by atoms with van der Waals surface area (Å²) in [6.07, 6.45) is 5.00. The first kappa shape index (κ1) is 19.0. The molecule has 1 aliphatic heterocycles. The molecular weight excluding hydrogens is 322 g/mol. The zero-order valence-electron chi connectivity index (χ0n) is 16.8. The Hall–Kier alpha value is -1.74. The number of aryl methyl sites for hydroxylation is 1. The summed E-state index contributed by atoms with van der Waals surface area (Å²) in [5, 5.41) is 2.41. The number of benzene rings is 2. The lowest BCUT2D eigenvalue weighted by molar-refractivity contribution is 0.183. The largest absolute Gasteiger partial charge is 0.496 e. The average Bonchev–Trinajstić information content (AvgIpc) is 2.67. The van der Waals surface area contributed by atoms with Gasteiger partial charge in [0.1, 0.15) is 18.1 Å². The van der Waals surface area contributed by atoms with E-state index in [9.17, 15) is 0 Å². The molecule has 3 heteroatoms. The molecule has 0 aromatic heterocycles. The molecule has 0 atom stereocenters. The molecule has 0 spiro atoms. The third-order valence-electron chi connectivity index (χ3n) is 5.51. The van der Waals surface area contributed by atoms with E-state index in [2.05, 4.69) is 49.9 Å². The molecule has 1 heterocycles. The molecule has 1 saturated heterocycles. The number of hydrogen-bond donors (Lipinski definition) is 0. The highest BCUT2D eigenvalue weighted by atomic mass is 16.5. The summed E-state index contributed by atoms with van der Waals surface area (Å²) in [6, 6.07) is 8.86. The fourth-order valence-corrected chi connectivity index (χ4v) is 3.92. The van der Waals surface area contributed by atoms with Crippen LogP contribution in [0.4, 0.5) is 0 Å². The molecule has 0 bridgehead atoms. The van der Waals surface area contributed by atoms with Gasteiger partial charge in [0, 0.05) is 11.9 Å². The zero-order chi connectivity index (χ0) is 18.5. The SMILES string of the molecule is CCc1ccc2cc(C(C)C)c(OC)cc2c1OCCN1CCCCC1. The summed E-state index contributed by atoms with van der Waals surface area (Å²) < 4.78 is 12.0. The van der Waals surface area contributed by atoms with Crippen LogP contribution in [-0.2, 0) is 6.42 Å². The highest BCUT2D eigenvalue weighted by Gasteiger charge is 2.15. The van der Waals surface area contributed by atoms with Gasteiger partial charge in [-0.3, -0.25) is 4.90 Å². The van der Waals surface area contributed by atoms with Gasteiger partial charge in [0.15, 0.2) is 0 Å². The predicted molar refractivity (Wildman–Crippen MR) is 110 cm³/mol. The Balaban J connectivity index is 1.88. The number of likely N-dealkylation sites (tertiary alicyclic amines) is 1. The fourth-order valence-electron chi connectivity index (χ4n) is 3.92. The number of rotatable bonds is 7. The van der Waals surface area contributed by atoms with Gasteiger partial charge in [-0.2, -0.15) is 0 Å². The van der Waals surface area contributed by atoms with Crippen LogP contribution in [0.3, 0.4) is 0 Å². The van der Waals surface area contributed by atoms with Crippen LogP contribution in [0.1, 0.15) is 57.1 Å². The minimum atomic E-state index is 0.434. The summed E-state index contributed by atoms with van der Waals surface area (Å²) >= 11 is 0. The number of ether oxygens (including phenoxy) is 2. The van der Waals surface area contributed by atoms with Crippen LogP contribution in [-0.4, -0.2) is 38.3 Å². The molecule has 2 aromatic rings. The Morgan fingerprint density at radius 3 is 2.50 bits per heavy atom. The first-order valence-corrected chi connectivity index (χ1v) is 10.1. The molecule has 142 valence electrons. The molecule has 0 amide bonds. The van der Waals surface area contributed by atoms with Gasteiger partial charge >= 0.3 is 0 Å². The van der Waals surface area contributed by atoms with E-state index in [1.165, 1.54) is 54.3 Å². The van der Waals surface area contributed by atoms with Gasteiger partial charge in [0.05, 0.1) is 7.11 Å². The molecule has 0 unspecified atom stereocenters. The van der Waals surface area contributed by atoms with E-state index < -0.39 is 0 Å². The van der Waals surface area contributed by atoms with Gasteiger partial charge in [-0.1, -0.05) is 39.3 Å². The van der Waals surface area contributed by atoms with Crippen LogP contribution in [0.15, 0.2) is 24.3 Å². The van der Waals surface area contributed by atoms with Gasteiger partial charge in [0.2, 0.25) is 0 Å². The number of piperidine rings is 1. The van der Waals surface area contributed by atoms with Crippen LogP contribution in [0, 0.1) is 0 Å². The second-order valence-electron chi connectivity index (χ2n) is 7.63. The molecular formula is C23H33NO2. The van der Waals surface area contributed by atoms with Crippen molar-refractivity contribution in [1.82, 2.24) is 4.90 Å². The van der Waals surface area contributed by atoms with Crippen molar-refractivity contribution in [1.29, 1.82) is 0 Å². The molecule has 3 rings (SSSR count). The molecule has 3 nitrogen and oxygen atoms in total. The number of hydrogen-bond acceptors (Lipinski definition) is 3. The molecule has 0 radical (unpaired) electrons. The lowest BCUT2D eigenvalue weighted by Crippen LogP contribution is -2.33. The quantitative estimate of drug-likeness (QED) is 0.664. The molecule has 1 fully saturated rings. The van der Waals surface area contributed by atoms with E-state index in [1.807, 2.05) is 0 Å². The summed E-state index contributed by atoms with van der Waals surface area (Å²) in [7, 11) is 1.76. The third kappa shape index (κ3) is 4.15. The van der Waals surface area contributed by atoms with Crippen molar-refractivity contribution in [3.05, 3.63) is 35.4 Å². The van der Waals surface area contributed by atoms with Crippen molar-refractivity contribution in [2.75, 3.05) is 33.4 Å². The Bertz CT molecular complexity index is 733. The van der Waals surface area contributed by atoms with E-state index in [1.54, 1.807) is 7.11 Å². The third-order valence-corrected chi connectivity index (χ3v) is 5.51. The topological polar surface area (TPSA) is 21.7 Å². The number of fused-ring (bicyclic) bond motifs is 1. The van der Waals surface area contributed by atoms with Crippen LogP contribution >= 0.6 is 0 Å². The maximum atomic E-state index is 6.35. The molecule has 2 aromatic carbocycles. The first-order chi connectivity index (χ1) is 12.6. The Morgan fingerprint density at radius 1 is 1.08 bits per heavy atom. The minimum absolute atomic E-state index is 0.434. The summed E-state index contributed by atoms with van der Waals surface area (Å²) in [6.45, 7) is 10.8. The van der Waals surface area contributed by atoms with Crippen molar-refractivity contribution >= 4 is 10.8 Å². The minimum Gasteiger partial charge on any atom is -0.496 e. The highest BCUT2D eigenvalue weighted by molar-refractivity contribution is 5.91. The maximum absolute atomic E-state index is 6.35. The molecule has 0 saturated carbocycles. The molecule has 26 heavy (non-hydrogen) atoms. The number of nitrogens with zero attached hydrogens (tertiary/aromatic N) is 1. The molecule has 1 aliphatic rings. The first-order valence-electron chi connectivity index (χ1n) is 10.1. The van der Waals surface area contributed by atoms with Crippen LogP contribution in [0.2, 0.25) is 0 Å². The Kier molecular flexibility index (Phi) is 6.42. The van der Waals surface area contributed by atoms with Crippen molar-refractivity contribution < 1.29 is 9.47 Å². The highest BCUT2D eigenvalue weighted by Crippen LogP contribution is 2.37. The van der Waals surface area contributed by atoms with Crippen LogP contribution < -0.4 is 9.47 Å². The van der Waals surface area contributed by atoms with E-state index in [0.29, 0.717) is 5.92 Å². The van der Waals surface area contributed by atoms with Crippen molar-refractivity contribution in [3.63, 3.8) is 0 Å². The van der Waals surface area contributed by atoms with E-state index in [4.69, 9.17) is 9.47 Å². The van der Waals surface area contributed by atoms with Gasteiger partial charge in [0.25, 0.3) is 0 Å². The van der Waals surface area contributed by atoms with Gasteiger partial charge in [-0.25, -0.2) is 0 Å². The van der Waals surface area contributed by atoms with Crippen molar-refractivity contribution in [3.8, 4) is 11.5 Å². The standard InChI is InChI=1S/C23H33NO2/c1-5-18-9-10-19-15-20(17(2)3)22(25-4)16-21(19)23(18)26-14-13-24-11-7-6-8-12-24/h9-10,15-17H,5-8,11-14H2,1-4H3. The van der Waals surface area contributed by atoms with Gasteiger partial charge in [-0.05, 0) is 66.9 Å². The monoisotopic (exact) mass is 355 g/mol. The normalized spacial score (nSPS) is 15.6. The van der Waals surface area contributed by atoms with Gasteiger partial charge in [-0.15, -0.1) is 0 Å². The fraction of sp³-hybridized carbons (Fsp3) is 0.565. The maximum Gasteiger partial charge on any atom is 0.130 e. The van der Waals surface area contributed by atoms with E-state index in [0.717, 1.165) is 31.1 Å². The van der Waals surface area contributed by atoms with Gasteiger partial charge < -0.3 is 9.47 Å². The smallest absolute Gasteiger partial charge is 0.130 e. The lowest BCUT2D eigenvalue weighted by atomic mass is 9.96. The Morgan fingerprint density at radius 2 is 1.85 bits per heavy atom. The average molecular weight is 356 g/mol. The van der Waals surface area contributed by atoms with Crippen molar-refractivity contribution in [2.45, 2.75) is 52.4 Å². The molecule has 0 aliphatic carbocycles. The Labute approximate surface area is 158 Å². The summed E-state index contributed by atoms with van der Waals surface area (Å²) in [4.78, 5) is 2.53. The van der Waals surface area contributed by atoms with Crippen LogP contribution in [0.25, 0.3) is 10.8 Å². The molecule has 0 N–H and O–H groups in total. The zero-order valence-corrected chi connectivity index (χ0v) is 16.8. The van der Waals surface area contributed by atoms with E-state index in [-0.39, 0.29) is 0 Å². The van der Waals surface area contributed by atoms with E-state index >= 15 is 0 Å². The van der Waals surface area contributed by atoms with Crippen LogP contribution in [0.5, 0.6) is 11.5 Å². The lowest BCUT2D eigenvalue weighted by Gasteiger charge is -2.26. The summed E-state index contributed by atoms with van der Waals surface area (Å²) in [5.41, 5.74) is 2.53.